The predicted octanol–water partition coefficient (Wildman–Crippen LogP) is 3.24. The number of amides is 1. The SMILES string of the molecule is CC[C@@H](C)c1ccc(OCC(=O)Nc2ccc(S(=O)(=O)N3CCOCC3)cc2)cc1. The summed E-state index contributed by atoms with van der Waals surface area (Å²) < 4.78 is 37.4. The Morgan fingerprint density at radius 3 is 2.33 bits per heavy atom. The van der Waals surface area contributed by atoms with Crippen molar-refractivity contribution in [2.75, 3.05) is 38.2 Å². The lowest BCUT2D eigenvalue weighted by Crippen LogP contribution is -2.40. The highest BCUT2D eigenvalue weighted by Gasteiger charge is 2.26. The number of benzene rings is 2. The largest absolute Gasteiger partial charge is 0.484 e. The molecule has 0 aliphatic carbocycles. The maximum Gasteiger partial charge on any atom is 0.262 e. The summed E-state index contributed by atoms with van der Waals surface area (Å²) in [5.74, 6) is 0.798. The third kappa shape index (κ3) is 5.59. The first-order chi connectivity index (χ1) is 14.4. The van der Waals surface area contributed by atoms with Crippen molar-refractivity contribution in [3.63, 3.8) is 0 Å². The topological polar surface area (TPSA) is 84.9 Å². The highest BCUT2D eigenvalue weighted by Crippen LogP contribution is 2.22. The van der Waals surface area contributed by atoms with Crippen LogP contribution in [-0.2, 0) is 19.6 Å². The Labute approximate surface area is 178 Å². The number of anilines is 1. The van der Waals surface area contributed by atoms with E-state index in [0.29, 0.717) is 43.7 Å². The summed E-state index contributed by atoms with van der Waals surface area (Å²) in [5.41, 5.74) is 1.75. The average molecular weight is 433 g/mol. The third-order valence-corrected chi connectivity index (χ3v) is 7.09. The number of ether oxygens (including phenoxy) is 2. The zero-order chi connectivity index (χ0) is 21.6. The summed E-state index contributed by atoms with van der Waals surface area (Å²) in [6.45, 7) is 5.66. The number of rotatable bonds is 8. The molecule has 7 nitrogen and oxygen atoms in total. The quantitative estimate of drug-likeness (QED) is 0.692. The minimum absolute atomic E-state index is 0.128. The number of hydrogen-bond donors (Lipinski definition) is 1. The molecule has 0 saturated carbocycles. The van der Waals surface area contributed by atoms with Crippen LogP contribution in [0.15, 0.2) is 53.4 Å². The molecular formula is C22H28N2O5S. The minimum Gasteiger partial charge on any atom is -0.484 e. The highest BCUT2D eigenvalue weighted by molar-refractivity contribution is 7.89. The van der Waals surface area contributed by atoms with Gasteiger partial charge in [0.05, 0.1) is 18.1 Å². The van der Waals surface area contributed by atoms with Crippen LogP contribution >= 0.6 is 0 Å². The van der Waals surface area contributed by atoms with Gasteiger partial charge in [-0.15, -0.1) is 0 Å². The molecule has 0 bridgehead atoms. The molecule has 1 amide bonds. The van der Waals surface area contributed by atoms with Gasteiger partial charge in [-0.25, -0.2) is 8.42 Å². The second-order valence-electron chi connectivity index (χ2n) is 7.26. The number of sulfonamides is 1. The van der Waals surface area contributed by atoms with Crippen molar-refractivity contribution in [2.24, 2.45) is 0 Å². The Bertz CT molecular complexity index is 936. The monoisotopic (exact) mass is 432 g/mol. The maximum atomic E-state index is 12.6. The summed E-state index contributed by atoms with van der Waals surface area (Å²) in [5, 5.41) is 2.72. The molecule has 0 spiro atoms. The number of nitrogens with one attached hydrogen (secondary N) is 1. The zero-order valence-electron chi connectivity index (χ0n) is 17.3. The van der Waals surface area contributed by atoms with Crippen molar-refractivity contribution < 1.29 is 22.7 Å². The van der Waals surface area contributed by atoms with Gasteiger partial charge in [0, 0.05) is 18.8 Å². The molecule has 2 aromatic rings. The van der Waals surface area contributed by atoms with Crippen molar-refractivity contribution in [1.29, 1.82) is 0 Å². The smallest absolute Gasteiger partial charge is 0.262 e. The molecule has 0 radical (unpaired) electrons. The second kappa shape index (κ2) is 10.1. The van der Waals surface area contributed by atoms with Gasteiger partial charge < -0.3 is 14.8 Å². The summed E-state index contributed by atoms with van der Waals surface area (Å²) in [4.78, 5) is 12.4. The van der Waals surface area contributed by atoms with Gasteiger partial charge in [-0.3, -0.25) is 4.79 Å². The Balaban J connectivity index is 1.53. The van der Waals surface area contributed by atoms with Crippen molar-refractivity contribution in [3.8, 4) is 5.75 Å². The maximum absolute atomic E-state index is 12.6. The molecule has 2 aromatic carbocycles. The zero-order valence-corrected chi connectivity index (χ0v) is 18.2. The van der Waals surface area contributed by atoms with E-state index in [0.717, 1.165) is 6.42 Å². The summed E-state index contributed by atoms with van der Waals surface area (Å²) in [7, 11) is -3.55. The van der Waals surface area contributed by atoms with E-state index >= 15 is 0 Å². The molecule has 1 heterocycles. The lowest BCUT2D eigenvalue weighted by atomic mass is 9.99. The molecule has 3 rings (SSSR count). The van der Waals surface area contributed by atoms with Crippen molar-refractivity contribution in [2.45, 2.75) is 31.1 Å². The first-order valence-corrected chi connectivity index (χ1v) is 11.5. The molecule has 1 fully saturated rings. The molecule has 0 aromatic heterocycles. The molecule has 1 atom stereocenters. The van der Waals surface area contributed by atoms with E-state index in [1.165, 1.54) is 22.0 Å². The summed E-state index contributed by atoms with van der Waals surface area (Å²) in [6, 6.07) is 13.9. The van der Waals surface area contributed by atoms with Gasteiger partial charge >= 0.3 is 0 Å². The average Bonchev–Trinajstić information content (AvgIpc) is 2.78. The van der Waals surface area contributed by atoms with Gasteiger partial charge in [0.15, 0.2) is 6.61 Å². The molecule has 30 heavy (non-hydrogen) atoms. The van der Waals surface area contributed by atoms with Crippen molar-refractivity contribution in [3.05, 3.63) is 54.1 Å². The molecule has 8 heteroatoms. The number of nitrogens with zero attached hydrogens (tertiary/aromatic N) is 1. The van der Waals surface area contributed by atoms with Crippen LogP contribution < -0.4 is 10.1 Å². The lowest BCUT2D eigenvalue weighted by molar-refractivity contribution is -0.118. The van der Waals surface area contributed by atoms with E-state index in [9.17, 15) is 13.2 Å². The van der Waals surface area contributed by atoms with Gasteiger partial charge in [0.2, 0.25) is 10.0 Å². The Kier molecular flexibility index (Phi) is 7.47. The highest BCUT2D eigenvalue weighted by atomic mass is 32.2. The number of carbonyl (C=O) groups excluding carboxylic acids is 1. The fraction of sp³-hybridized carbons (Fsp3) is 0.409. The van der Waals surface area contributed by atoms with E-state index in [-0.39, 0.29) is 17.4 Å². The number of morpholine rings is 1. The normalized spacial score (nSPS) is 16.1. The first-order valence-electron chi connectivity index (χ1n) is 10.1. The lowest BCUT2D eigenvalue weighted by Gasteiger charge is -2.26. The molecule has 1 saturated heterocycles. The predicted molar refractivity (Wildman–Crippen MR) is 115 cm³/mol. The van der Waals surface area contributed by atoms with E-state index in [1.807, 2.05) is 24.3 Å². The Morgan fingerprint density at radius 2 is 1.73 bits per heavy atom. The van der Waals surface area contributed by atoms with E-state index in [1.54, 1.807) is 12.1 Å². The standard InChI is InChI=1S/C22H28N2O5S/c1-3-17(2)18-4-8-20(9-5-18)29-16-22(25)23-19-6-10-21(11-7-19)30(26,27)24-12-14-28-15-13-24/h4-11,17H,3,12-16H2,1-2H3,(H,23,25)/t17-/m1/s1. The van der Waals surface area contributed by atoms with Gasteiger partial charge in [0.1, 0.15) is 5.75 Å². The third-order valence-electron chi connectivity index (χ3n) is 5.18. The molecule has 1 aliphatic rings. The van der Waals surface area contributed by atoms with Crippen LogP contribution in [0.1, 0.15) is 31.7 Å². The van der Waals surface area contributed by atoms with Gasteiger partial charge in [0.25, 0.3) is 5.91 Å². The van der Waals surface area contributed by atoms with Crippen LogP contribution in [0.5, 0.6) is 5.75 Å². The molecule has 1 N–H and O–H groups in total. The fourth-order valence-electron chi connectivity index (χ4n) is 3.12. The van der Waals surface area contributed by atoms with Gasteiger partial charge in [-0.1, -0.05) is 26.0 Å². The Morgan fingerprint density at radius 1 is 1.10 bits per heavy atom. The number of carbonyl (C=O) groups is 1. The fourth-order valence-corrected chi connectivity index (χ4v) is 4.53. The van der Waals surface area contributed by atoms with Crippen LogP contribution in [-0.4, -0.2) is 51.5 Å². The van der Waals surface area contributed by atoms with Crippen LogP contribution in [0.2, 0.25) is 0 Å². The van der Waals surface area contributed by atoms with Crippen LogP contribution in [0.25, 0.3) is 0 Å². The molecule has 162 valence electrons. The Hall–Kier alpha value is -2.42. The van der Waals surface area contributed by atoms with Gasteiger partial charge in [-0.2, -0.15) is 4.31 Å². The van der Waals surface area contributed by atoms with E-state index in [4.69, 9.17) is 9.47 Å². The molecule has 0 unspecified atom stereocenters. The van der Waals surface area contributed by atoms with E-state index < -0.39 is 10.0 Å². The van der Waals surface area contributed by atoms with Crippen LogP contribution in [0, 0.1) is 0 Å². The van der Waals surface area contributed by atoms with Crippen molar-refractivity contribution >= 4 is 21.6 Å². The second-order valence-corrected chi connectivity index (χ2v) is 9.19. The minimum atomic E-state index is -3.55. The van der Waals surface area contributed by atoms with Crippen LogP contribution in [0.3, 0.4) is 0 Å². The summed E-state index contributed by atoms with van der Waals surface area (Å²) >= 11 is 0. The molecular weight excluding hydrogens is 404 g/mol. The molecule has 1 aliphatic heterocycles. The summed E-state index contributed by atoms with van der Waals surface area (Å²) in [6.07, 6.45) is 1.06. The van der Waals surface area contributed by atoms with Gasteiger partial charge in [-0.05, 0) is 54.3 Å². The number of hydrogen-bond acceptors (Lipinski definition) is 5. The van der Waals surface area contributed by atoms with E-state index in [2.05, 4.69) is 19.2 Å². The van der Waals surface area contributed by atoms with Crippen molar-refractivity contribution in [1.82, 2.24) is 4.31 Å². The first kappa shape index (κ1) is 22.3. The van der Waals surface area contributed by atoms with Crippen LogP contribution in [0.4, 0.5) is 5.69 Å².